The third-order valence-corrected chi connectivity index (χ3v) is 6.50. The van der Waals surface area contributed by atoms with Gasteiger partial charge in [-0.1, -0.05) is 42.5 Å². The quantitative estimate of drug-likeness (QED) is 0.433. The number of amides is 1. The van der Waals surface area contributed by atoms with Crippen LogP contribution in [0.25, 0.3) is 0 Å². The van der Waals surface area contributed by atoms with E-state index in [1.54, 1.807) is 4.90 Å². The van der Waals surface area contributed by atoms with Crippen LogP contribution in [0.4, 0.5) is 10.5 Å². The largest absolute Gasteiger partial charge is 0.459 e. The molecule has 1 amide bonds. The van der Waals surface area contributed by atoms with E-state index in [0.717, 1.165) is 23.1 Å². The number of carbonyl (C=O) groups excluding carboxylic acids is 2. The van der Waals surface area contributed by atoms with Crippen LogP contribution in [-0.2, 0) is 35.2 Å². The molecule has 10 heteroatoms. The van der Waals surface area contributed by atoms with Gasteiger partial charge in [0.1, 0.15) is 19.3 Å². The topological polar surface area (TPSA) is 102 Å². The van der Waals surface area contributed by atoms with E-state index in [9.17, 15) is 18.0 Å². The second kappa shape index (κ2) is 10.4. The monoisotopic (exact) mass is 488 g/mol. The standard InChI is InChI=1S/C24H28N2O7S/c1-34(29,30)32-17-21-15-22(23(27)33-21)19-7-9-20(10-8-19)25-11-13-26(14-12-25)24(28)31-16-18-5-3-2-4-6-18/h2-10,21-22H,11-17H2,1H3. The Labute approximate surface area is 199 Å². The van der Waals surface area contributed by atoms with Crippen LogP contribution in [0.2, 0.25) is 0 Å². The fourth-order valence-corrected chi connectivity index (χ4v) is 4.50. The lowest BCUT2D eigenvalue weighted by molar-refractivity contribution is -0.143. The zero-order chi connectivity index (χ0) is 24.1. The van der Waals surface area contributed by atoms with Gasteiger partial charge < -0.3 is 19.3 Å². The number of nitrogens with zero attached hydrogens (tertiary/aromatic N) is 2. The SMILES string of the molecule is CS(=O)(=O)OCC1CC(c2ccc(N3CCN(C(=O)OCc4ccccc4)CC3)cc2)C(=O)O1. The summed E-state index contributed by atoms with van der Waals surface area (Å²) >= 11 is 0. The number of rotatable bonds is 7. The second-order valence-corrected chi connectivity index (χ2v) is 10.1. The molecule has 0 radical (unpaired) electrons. The smallest absolute Gasteiger partial charge is 0.410 e. The lowest BCUT2D eigenvalue weighted by Crippen LogP contribution is -2.48. The molecule has 0 aromatic heterocycles. The van der Waals surface area contributed by atoms with E-state index in [1.807, 2.05) is 54.6 Å². The first-order valence-corrected chi connectivity index (χ1v) is 13.0. The third-order valence-electron chi connectivity index (χ3n) is 5.94. The Kier molecular flexibility index (Phi) is 7.38. The van der Waals surface area contributed by atoms with Gasteiger partial charge >= 0.3 is 12.1 Å². The molecule has 4 rings (SSSR count). The van der Waals surface area contributed by atoms with E-state index < -0.39 is 22.1 Å². The van der Waals surface area contributed by atoms with Crippen LogP contribution in [0, 0.1) is 0 Å². The molecule has 0 bridgehead atoms. The van der Waals surface area contributed by atoms with Crippen LogP contribution >= 0.6 is 0 Å². The van der Waals surface area contributed by atoms with Crippen molar-refractivity contribution in [3.63, 3.8) is 0 Å². The highest BCUT2D eigenvalue weighted by Crippen LogP contribution is 2.32. The van der Waals surface area contributed by atoms with Crippen LogP contribution in [-0.4, -0.2) is 70.5 Å². The van der Waals surface area contributed by atoms with E-state index in [4.69, 9.17) is 13.7 Å². The fraction of sp³-hybridized carbons (Fsp3) is 0.417. The second-order valence-electron chi connectivity index (χ2n) is 8.44. The Morgan fingerprint density at radius 3 is 2.35 bits per heavy atom. The third kappa shape index (κ3) is 6.27. The van der Waals surface area contributed by atoms with Gasteiger partial charge in [0.05, 0.1) is 12.2 Å². The van der Waals surface area contributed by atoms with E-state index >= 15 is 0 Å². The lowest BCUT2D eigenvalue weighted by Gasteiger charge is -2.35. The Morgan fingerprint density at radius 1 is 1.03 bits per heavy atom. The van der Waals surface area contributed by atoms with Gasteiger partial charge in [-0.25, -0.2) is 4.79 Å². The summed E-state index contributed by atoms with van der Waals surface area (Å²) in [6.45, 7) is 2.56. The average molecular weight is 489 g/mol. The number of carbonyl (C=O) groups is 2. The Hall–Kier alpha value is -3.11. The first-order valence-electron chi connectivity index (χ1n) is 11.1. The molecule has 0 N–H and O–H groups in total. The van der Waals surface area contributed by atoms with Crippen molar-refractivity contribution in [1.82, 2.24) is 4.90 Å². The molecular weight excluding hydrogens is 460 g/mol. The molecule has 2 heterocycles. The number of hydrogen-bond acceptors (Lipinski definition) is 8. The molecule has 2 aromatic rings. The van der Waals surface area contributed by atoms with E-state index in [1.165, 1.54) is 0 Å². The van der Waals surface area contributed by atoms with Crippen LogP contribution in [0.3, 0.4) is 0 Å². The van der Waals surface area contributed by atoms with Crippen LogP contribution in [0.1, 0.15) is 23.5 Å². The zero-order valence-electron chi connectivity index (χ0n) is 19.0. The zero-order valence-corrected chi connectivity index (χ0v) is 19.8. The van der Waals surface area contributed by atoms with E-state index in [2.05, 4.69) is 4.90 Å². The number of ether oxygens (including phenoxy) is 2. The summed E-state index contributed by atoms with van der Waals surface area (Å²) in [5.41, 5.74) is 2.78. The maximum absolute atomic E-state index is 12.4. The number of hydrogen-bond donors (Lipinski definition) is 0. The number of anilines is 1. The molecular formula is C24H28N2O7S. The van der Waals surface area contributed by atoms with Gasteiger partial charge in [-0.2, -0.15) is 8.42 Å². The summed E-state index contributed by atoms with van der Waals surface area (Å²) in [6, 6.07) is 17.3. The van der Waals surface area contributed by atoms with Gasteiger partial charge in [-0.3, -0.25) is 8.98 Å². The van der Waals surface area contributed by atoms with Crippen molar-refractivity contribution in [2.75, 3.05) is 43.9 Å². The first kappa shape index (κ1) is 24.0. The fourth-order valence-electron chi connectivity index (χ4n) is 4.10. The van der Waals surface area contributed by atoms with Crippen LogP contribution in [0.15, 0.2) is 54.6 Å². The number of benzene rings is 2. The highest BCUT2D eigenvalue weighted by Gasteiger charge is 2.36. The number of piperazine rings is 1. The van der Waals surface area contributed by atoms with Crippen molar-refractivity contribution in [2.24, 2.45) is 0 Å². The summed E-state index contributed by atoms with van der Waals surface area (Å²) in [7, 11) is -3.58. The van der Waals surface area contributed by atoms with Gasteiger partial charge in [0.2, 0.25) is 0 Å². The highest BCUT2D eigenvalue weighted by molar-refractivity contribution is 7.85. The van der Waals surface area contributed by atoms with Gasteiger partial charge in [0.15, 0.2) is 0 Å². The molecule has 2 aromatic carbocycles. The van der Waals surface area contributed by atoms with Crippen LogP contribution in [0.5, 0.6) is 0 Å². The van der Waals surface area contributed by atoms with Crippen molar-refractivity contribution in [2.45, 2.75) is 25.0 Å². The van der Waals surface area contributed by atoms with Crippen molar-refractivity contribution in [1.29, 1.82) is 0 Å². The molecule has 2 unspecified atom stereocenters. The molecule has 2 aliphatic rings. The normalized spacial score (nSPS) is 20.8. The minimum absolute atomic E-state index is 0.169. The molecule has 182 valence electrons. The molecule has 2 fully saturated rings. The van der Waals surface area contributed by atoms with Gasteiger partial charge in [-0.05, 0) is 23.3 Å². The van der Waals surface area contributed by atoms with Crippen molar-refractivity contribution >= 4 is 27.9 Å². The summed E-state index contributed by atoms with van der Waals surface area (Å²) in [6.07, 6.45) is 0.444. The molecule has 9 nitrogen and oxygen atoms in total. The van der Waals surface area contributed by atoms with Crippen molar-refractivity contribution < 1.29 is 31.7 Å². The minimum Gasteiger partial charge on any atom is -0.459 e. The van der Waals surface area contributed by atoms with Gasteiger partial charge in [-0.15, -0.1) is 0 Å². The summed E-state index contributed by atoms with van der Waals surface area (Å²) in [5, 5.41) is 0. The summed E-state index contributed by atoms with van der Waals surface area (Å²) in [4.78, 5) is 28.5. The predicted molar refractivity (Wildman–Crippen MR) is 125 cm³/mol. The summed E-state index contributed by atoms with van der Waals surface area (Å²) in [5.74, 6) is -0.823. The Morgan fingerprint density at radius 2 is 1.71 bits per heavy atom. The van der Waals surface area contributed by atoms with Crippen molar-refractivity contribution in [3.05, 3.63) is 65.7 Å². The molecule has 34 heavy (non-hydrogen) atoms. The molecule has 0 spiro atoms. The highest BCUT2D eigenvalue weighted by atomic mass is 32.2. The van der Waals surface area contributed by atoms with E-state index in [0.29, 0.717) is 32.6 Å². The number of cyclic esters (lactones) is 1. The van der Waals surface area contributed by atoms with Gasteiger partial charge in [0.25, 0.3) is 10.1 Å². The van der Waals surface area contributed by atoms with E-state index in [-0.39, 0.29) is 25.3 Å². The minimum atomic E-state index is -3.58. The maximum Gasteiger partial charge on any atom is 0.410 e. The molecule has 0 saturated carbocycles. The predicted octanol–water partition coefficient (Wildman–Crippen LogP) is 2.52. The molecule has 2 aliphatic heterocycles. The average Bonchev–Trinajstić information content (AvgIpc) is 3.22. The lowest BCUT2D eigenvalue weighted by atomic mass is 9.95. The Balaban J connectivity index is 1.26. The summed E-state index contributed by atoms with van der Waals surface area (Å²) < 4.78 is 37.8. The Bertz CT molecular complexity index is 1100. The molecule has 2 atom stereocenters. The maximum atomic E-state index is 12.4. The molecule has 2 saturated heterocycles. The van der Waals surface area contributed by atoms with Gasteiger partial charge in [0, 0.05) is 38.3 Å². The number of esters is 1. The van der Waals surface area contributed by atoms with Crippen LogP contribution < -0.4 is 4.90 Å². The van der Waals surface area contributed by atoms with Crippen molar-refractivity contribution in [3.8, 4) is 0 Å². The molecule has 0 aliphatic carbocycles. The first-order chi connectivity index (χ1) is 16.3.